The first-order chi connectivity index (χ1) is 12.2. The number of hydrogen-bond donors (Lipinski definition) is 2. The highest BCUT2D eigenvalue weighted by atomic mass is 16.5. The van der Waals surface area contributed by atoms with Crippen LogP contribution >= 0.6 is 0 Å². The Labute approximate surface area is 151 Å². The normalized spacial score (nSPS) is 24.7. The fourth-order valence-corrected chi connectivity index (χ4v) is 4.29. The first-order valence-electron chi connectivity index (χ1n) is 9.86. The fourth-order valence-electron chi connectivity index (χ4n) is 4.29. The number of aliphatic hydroxyl groups excluding tert-OH is 2. The van der Waals surface area contributed by atoms with Crippen LogP contribution in [0.25, 0.3) is 0 Å². The second-order valence-electron chi connectivity index (χ2n) is 7.88. The van der Waals surface area contributed by atoms with E-state index in [4.69, 9.17) is 4.74 Å². The summed E-state index contributed by atoms with van der Waals surface area (Å²) in [7, 11) is 0. The molecule has 2 atom stereocenters. The van der Waals surface area contributed by atoms with Crippen molar-refractivity contribution in [1.82, 2.24) is 4.90 Å². The number of nitrogens with zero attached hydrogens (tertiary/aromatic N) is 1. The molecule has 0 amide bonds. The van der Waals surface area contributed by atoms with Gasteiger partial charge in [0.25, 0.3) is 0 Å². The largest absolute Gasteiger partial charge is 0.396 e. The zero-order valence-electron chi connectivity index (χ0n) is 15.5. The predicted octanol–water partition coefficient (Wildman–Crippen LogP) is 2.93. The Bertz CT molecular complexity index is 534. The molecule has 1 saturated heterocycles. The van der Waals surface area contributed by atoms with Gasteiger partial charge in [0.1, 0.15) is 0 Å². The molecular weight excluding hydrogens is 314 g/mol. The van der Waals surface area contributed by atoms with Gasteiger partial charge in [0.05, 0.1) is 18.8 Å². The number of piperidine rings is 1. The Morgan fingerprint density at radius 2 is 2.04 bits per heavy atom. The molecule has 1 fully saturated rings. The van der Waals surface area contributed by atoms with Crippen LogP contribution in [0.15, 0.2) is 24.3 Å². The summed E-state index contributed by atoms with van der Waals surface area (Å²) < 4.78 is 6.08. The van der Waals surface area contributed by atoms with E-state index in [2.05, 4.69) is 36.1 Å². The van der Waals surface area contributed by atoms with E-state index < -0.39 is 6.10 Å². The molecule has 1 aliphatic heterocycles. The van der Waals surface area contributed by atoms with Gasteiger partial charge in [-0.25, -0.2) is 0 Å². The Kier molecular flexibility index (Phi) is 6.50. The number of benzene rings is 1. The van der Waals surface area contributed by atoms with Crippen LogP contribution in [0.5, 0.6) is 0 Å². The highest BCUT2D eigenvalue weighted by Crippen LogP contribution is 2.34. The smallest absolute Gasteiger partial charge is 0.0900 e. The lowest BCUT2D eigenvalue weighted by Crippen LogP contribution is -2.45. The summed E-state index contributed by atoms with van der Waals surface area (Å²) in [6.07, 6.45) is 6.08. The highest BCUT2D eigenvalue weighted by molar-refractivity contribution is 5.31. The molecular formula is C21H33NO3. The van der Waals surface area contributed by atoms with E-state index in [1.165, 1.54) is 11.1 Å². The van der Waals surface area contributed by atoms with Gasteiger partial charge in [-0.3, -0.25) is 0 Å². The van der Waals surface area contributed by atoms with Crippen molar-refractivity contribution in [3.63, 3.8) is 0 Å². The number of fused-ring (bicyclic) bond motifs is 1. The van der Waals surface area contributed by atoms with Crippen molar-refractivity contribution in [3.8, 4) is 0 Å². The van der Waals surface area contributed by atoms with Crippen LogP contribution in [0.4, 0.5) is 0 Å². The van der Waals surface area contributed by atoms with Crippen molar-refractivity contribution in [2.45, 2.75) is 57.7 Å². The lowest BCUT2D eigenvalue weighted by Gasteiger charge is -2.40. The average molecular weight is 347 g/mol. The van der Waals surface area contributed by atoms with E-state index >= 15 is 0 Å². The molecule has 2 N–H and O–H groups in total. The van der Waals surface area contributed by atoms with Crippen LogP contribution in [0.3, 0.4) is 0 Å². The molecule has 0 saturated carbocycles. The topological polar surface area (TPSA) is 52.9 Å². The Hall–Kier alpha value is -0.940. The fraction of sp³-hybridized carbons (Fsp3) is 0.714. The number of β-amino-alcohol motifs (C(OH)–C–C–N with tert-alkyl or cyclic N) is 1. The summed E-state index contributed by atoms with van der Waals surface area (Å²) >= 11 is 0. The van der Waals surface area contributed by atoms with E-state index in [-0.39, 0.29) is 18.1 Å². The number of aryl methyl sites for hydroxylation is 1. The minimum atomic E-state index is -0.447. The molecule has 1 aromatic carbocycles. The number of likely N-dealkylation sites (tertiary alicyclic amines) is 1. The minimum Gasteiger partial charge on any atom is -0.396 e. The number of aliphatic hydroxyl groups is 2. The summed E-state index contributed by atoms with van der Waals surface area (Å²) in [5.41, 5.74) is 2.79. The van der Waals surface area contributed by atoms with Crippen LogP contribution < -0.4 is 0 Å². The van der Waals surface area contributed by atoms with Gasteiger partial charge in [-0.2, -0.15) is 0 Å². The van der Waals surface area contributed by atoms with Crippen molar-refractivity contribution < 1.29 is 14.9 Å². The summed E-state index contributed by atoms with van der Waals surface area (Å²) in [4.78, 5) is 2.31. The van der Waals surface area contributed by atoms with Gasteiger partial charge >= 0.3 is 0 Å². The lowest BCUT2D eigenvalue weighted by molar-refractivity contribution is -0.0377. The predicted molar refractivity (Wildman–Crippen MR) is 99.6 cm³/mol. The van der Waals surface area contributed by atoms with Gasteiger partial charge in [-0.1, -0.05) is 31.2 Å². The molecule has 2 aliphatic rings. The summed E-state index contributed by atoms with van der Waals surface area (Å²) in [6, 6.07) is 8.52. The maximum absolute atomic E-state index is 10.4. The van der Waals surface area contributed by atoms with E-state index in [0.717, 1.165) is 51.6 Å². The van der Waals surface area contributed by atoms with E-state index in [0.29, 0.717) is 13.2 Å². The second kappa shape index (κ2) is 8.63. The third-order valence-electron chi connectivity index (χ3n) is 6.28. The zero-order chi connectivity index (χ0) is 17.7. The van der Waals surface area contributed by atoms with Crippen LogP contribution in [0, 0.1) is 5.41 Å². The van der Waals surface area contributed by atoms with Gasteiger partial charge in [0.2, 0.25) is 0 Å². The van der Waals surface area contributed by atoms with Crippen molar-refractivity contribution >= 4 is 0 Å². The molecule has 0 radical (unpaired) electrons. The van der Waals surface area contributed by atoms with Gasteiger partial charge in [0, 0.05) is 13.2 Å². The quantitative estimate of drug-likeness (QED) is 0.796. The van der Waals surface area contributed by atoms with Crippen LogP contribution in [0.2, 0.25) is 0 Å². The molecule has 140 valence electrons. The van der Waals surface area contributed by atoms with Gasteiger partial charge in [-0.05, 0) is 68.2 Å². The molecule has 1 aromatic rings. The van der Waals surface area contributed by atoms with Crippen LogP contribution in [-0.2, 0) is 11.2 Å². The third kappa shape index (κ3) is 4.62. The Morgan fingerprint density at radius 1 is 1.28 bits per heavy atom. The average Bonchev–Trinajstić information content (AvgIpc) is 2.67. The SMILES string of the molecule is CCC1(CO)CCN(CC(O)COC2CCCc3ccccc32)CC1. The third-order valence-corrected chi connectivity index (χ3v) is 6.28. The molecule has 4 nitrogen and oxygen atoms in total. The van der Waals surface area contributed by atoms with E-state index in [1.807, 2.05) is 0 Å². The zero-order valence-corrected chi connectivity index (χ0v) is 15.5. The minimum absolute atomic E-state index is 0.101. The number of hydrogen-bond acceptors (Lipinski definition) is 4. The summed E-state index contributed by atoms with van der Waals surface area (Å²) in [6.45, 7) is 5.42. The van der Waals surface area contributed by atoms with Crippen molar-refractivity contribution in [3.05, 3.63) is 35.4 Å². The Morgan fingerprint density at radius 3 is 2.76 bits per heavy atom. The molecule has 0 aromatic heterocycles. The molecule has 1 aliphatic carbocycles. The molecule has 3 rings (SSSR count). The number of ether oxygens (including phenoxy) is 1. The first-order valence-corrected chi connectivity index (χ1v) is 9.86. The first kappa shape index (κ1) is 18.8. The van der Waals surface area contributed by atoms with Crippen LogP contribution in [0.1, 0.15) is 56.3 Å². The summed E-state index contributed by atoms with van der Waals surface area (Å²) in [5, 5.41) is 20.0. The van der Waals surface area contributed by atoms with Gasteiger partial charge in [-0.15, -0.1) is 0 Å². The molecule has 0 spiro atoms. The molecule has 4 heteroatoms. The van der Waals surface area contributed by atoms with Crippen molar-refractivity contribution in [1.29, 1.82) is 0 Å². The molecule has 2 unspecified atom stereocenters. The summed E-state index contributed by atoms with van der Waals surface area (Å²) in [5.74, 6) is 0. The van der Waals surface area contributed by atoms with Crippen molar-refractivity contribution in [2.75, 3.05) is 32.8 Å². The molecule has 1 heterocycles. The van der Waals surface area contributed by atoms with E-state index in [9.17, 15) is 10.2 Å². The second-order valence-corrected chi connectivity index (χ2v) is 7.88. The highest BCUT2D eigenvalue weighted by Gasteiger charge is 2.32. The maximum Gasteiger partial charge on any atom is 0.0900 e. The lowest BCUT2D eigenvalue weighted by atomic mass is 9.77. The maximum atomic E-state index is 10.4. The molecule has 0 bridgehead atoms. The number of rotatable bonds is 7. The van der Waals surface area contributed by atoms with Crippen molar-refractivity contribution in [2.24, 2.45) is 5.41 Å². The standard InChI is InChI=1S/C21H33NO3/c1-2-21(16-23)10-12-22(13-11-21)14-18(24)15-25-20-9-5-7-17-6-3-4-8-19(17)20/h3-4,6,8,18,20,23-24H,2,5,7,9-16H2,1H3. The monoisotopic (exact) mass is 347 g/mol. The van der Waals surface area contributed by atoms with Gasteiger partial charge in [0.15, 0.2) is 0 Å². The Balaban J connectivity index is 1.44. The van der Waals surface area contributed by atoms with E-state index in [1.54, 1.807) is 0 Å². The van der Waals surface area contributed by atoms with Crippen LogP contribution in [-0.4, -0.2) is 54.1 Å². The molecule has 25 heavy (non-hydrogen) atoms. The van der Waals surface area contributed by atoms with Gasteiger partial charge < -0.3 is 19.8 Å².